The molecule has 0 atom stereocenters. The highest BCUT2D eigenvalue weighted by molar-refractivity contribution is 7.90. The van der Waals surface area contributed by atoms with Gasteiger partial charge in [-0.05, 0) is 18.2 Å². The Balaban J connectivity index is 2.26. The van der Waals surface area contributed by atoms with Crippen LogP contribution in [0.2, 0.25) is 0 Å². The zero-order valence-electron chi connectivity index (χ0n) is 10.3. The lowest BCUT2D eigenvalue weighted by atomic mass is 10.3. The molecule has 0 unspecified atom stereocenters. The van der Waals surface area contributed by atoms with Gasteiger partial charge in [-0.3, -0.25) is 4.68 Å². The van der Waals surface area contributed by atoms with E-state index in [4.69, 9.17) is 0 Å². The van der Waals surface area contributed by atoms with E-state index in [1.54, 1.807) is 13.2 Å². The molecule has 0 aliphatic heterocycles. The molecular weight excluding hydrogens is 295 g/mol. The van der Waals surface area contributed by atoms with E-state index in [1.807, 2.05) is 0 Å². The molecule has 0 N–H and O–H groups in total. The molecule has 2 rings (SSSR count). The third-order valence-corrected chi connectivity index (χ3v) is 4.04. The first-order chi connectivity index (χ1) is 9.18. The predicted octanol–water partition coefficient (Wildman–Crippen LogP) is 1.81. The molecule has 9 heteroatoms. The predicted molar refractivity (Wildman–Crippen MR) is 63.3 cm³/mol. The van der Waals surface area contributed by atoms with Crippen molar-refractivity contribution in [2.75, 3.05) is 0 Å². The Morgan fingerprint density at radius 2 is 1.95 bits per heavy atom. The van der Waals surface area contributed by atoms with Crippen molar-refractivity contribution in [1.29, 1.82) is 0 Å². The Morgan fingerprint density at radius 1 is 1.25 bits per heavy atom. The highest BCUT2D eigenvalue weighted by Crippen LogP contribution is 2.29. The lowest BCUT2D eigenvalue weighted by Gasteiger charge is -2.07. The van der Waals surface area contributed by atoms with Crippen LogP contribution in [0.25, 0.3) is 0 Å². The first-order valence-corrected chi connectivity index (χ1v) is 7.08. The third-order valence-electron chi connectivity index (χ3n) is 2.49. The standard InChI is InChI=1S/C11H10F3N3O2S/c1-17-5-4-9(16-17)7-20(18,19)10-3-2-8(6-15-10)11(12,13)14/h2-6H,7H2,1H3. The maximum atomic E-state index is 12.4. The van der Waals surface area contributed by atoms with Crippen LogP contribution in [0.5, 0.6) is 0 Å². The van der Waals surface area contributed by atoms with Gasteiger partial charge in [0.15, 0.2) is 5.03 Å². The number of pyridine rings is 1. The second-order valence-electron chi connectivity index (χ2n) is 4.12. The van der Waals surface area contributed by atoms with E-state index in [2.05, 4.69) is 10.1 Å². The van der Waals surface area contributed by atoms with Crippen LogP contribution in [0.4, 0.5) is 13.2 Å². The van der Waals surface area contributed by atoms with Gasteiger partial charge in [0, 0.05) is 19.4 Å². The summed E-state index contributed by atoms with van der Waals surface area (Å²) in [5.41, 5.74) is -0.691. The first kappa shape index (κ1) is 14.5. The first-order valence-electron chi connectivity index (χ1n) is 5.43. The summed E-state index contributed by atoms with van der Waals surface area (Å²) in [6, 6.07) is 3.06. The summed E-state index contributed by atoms with van der Waals surface area (Å²) in [7, 11) is -2.19. The molecule has 0 spiro atoms. The molecule has 0 aromatic carbocycles. The van der Waals surface area contributed by atoms with E-state index in [1.165, 1.54) is 10.7 Å². The van der Waals surface area contributed by atoms with Crippen LogP contribution < -0.4 is 0 Å². The molecule has 2 heterocycles. The molecule has 0 saturated heterocycles. The van der Waals surface area contributed by atoms with Crippen LogP contribution >= 0.6 is 0 Å². The second kappa shape index (κ2) is 4.89. The van der Waals surface area contributed by atoms with E-state index in [-0.39, 0.29) is 0 Å². The third kappa shape index (κ3) is 3.16. The monoisotopic (exact) mass is 305 g/mol. The van der Waals surface area contributed by atoms with Crippen LogP contribution in [0.15, 0.2) is 35.6 Å². The molecule has 0 saturated carbocycles. The van der Waals surface area contributed by atoms with Gasteiger partial charge in [-0.2, -0.15) is 18.3 Å². The van der Waals surface area contributed by atoms with E-state index >= 15 is 0 Å². The number of hydrogen-bond acceptors (Lipinski definition) is 4. The Hall–Kier alpha value is -1.90. The minimum Gasteiger partial charge on any atom is -0.276 e. The lowest BCUT2D eigenvalue weighted by molar-refractivity contribution is -0.137. The van der Waals surface area contributed by atoms with Gasteiger partial charge in [0.25, 0.3) is 0 Å². The summed E-state index contributed by atoms with van der Waals surface area (Å²) in [4.78, 5) is 3.38. The maximum Gasteiger partial charge on any atom is 0.417 e. The van der Waals surface area contributed by atoms with E-state index in [9.17, 15) is 21.6 Å². The fraction of sp³-hybridized carbons (Fsp3) is 0.273. The van der Waals surface area contributed by atoms with Gasteiger partial charge in [-0.25, -0.2) is 13.4 Å². The summed E-state index contributed by atoms with van der Waals surface area (Å²) < 4.78 is 62.5. The molecule has 0 amide bonds. The highest BCUT2D eigenvalue weighted by atomic mass is 32.2. The number of rotatable bonds is 3. The Bertz CT molecular complexity index is 705. The van der Waals surface area contributed by atoms with Crippen molar-refractivity contribution >= 4 is 9.84 Å². The summed E-state index contributed by atoms with van der Waals surface area (Å²) in [6.45, 7) is 0. The van der Waals surface area contributed by atoms with Crippen molar-refractivity contribution in [2.24, 2.45) is 7.05 Å². The summed E-state index contributed by atoms with van der Waals surface area (Å²) in [5.74, 6) is -0.411. The van der Waals surface area contributed by atoms with Crippen molar-refractivity contribution in [2.45, 2.75) is 17.0 Å². The minimum atomic E-state index is -4.55. The van der Waals surface area contributed by atoms with E-state index < -0.39 is 32.4 Å². The smallest absolute Gasteiger partial charge is 0.276 e. The zero-order valence-corrected chi connectivity index (χ0v) is 11.1. The number of halogens is 3. The van der Waals surface area contributed by atoms with Crippen LogP contribution in [-0.4, -0.2) is 23.2 Å². The molecule has 2 aromatic rings. The fourth-order valence-electron chi connectivity index (χ4n) is 1.54. The maximum absolute atomic E-state index is 12.4. The Kier molecular flexibility index (Phi) is 3.55. The fourth-order valence-corrected chi connectivity index (χ4v) is 2.72. The van der Waals surface area contributed by atoms with Crippen LogP contribution in [0, 0.1) is 0 Å². The topological polar surface area (TPSA) is 64.8 Å². The number of aryl methyl sites for hydroxylation is 1. The van der Waals surface area contributed by atoms with Gasteiger partial charge in [0.2, 0.25) is 9.84 Å². The number of hydrogen-bond donors (Lipinski definition) is 0. The van der Waals surface area contributed by atoms with Crippen molar-refractivity contribution in [1.82, 2.24) is 14.8 Å². The van der Waals surface area contributed by atoms with Gasteiger partial charge in [0.05, 0.1) is 11.3 Å². The lowest BCUT2D eigenvalue weighted by Crippen LogP contribution is -2.10. The molecule has 0 aliphatic carbocycles. The van der Waals surface area contributed by atoms with Crippen LogP contribution in [0.3, 0.4) is 0 Å². The molecule has 0 radical (unpaired) electrons. The van der Waals surface area contributed by atoms with Crippen LogP contribution in [0.1, 0.15) is 11.3 Å². The van der Waals surface area contributed by atoms with Crippen molar-refractivity contribution < 1.29 is 21.6 Å². The van der Waals surface area contributed by atoms with Gasteiger partial charge in [-0.15, -0.1) is 0 Å². The molecule has 0 aliphatic rings. The normalized spacial score (nSPS) is 12.6. The van der Waals surface area contributed by atoms with E-state index in [0.717, 1.165) is 6.07 Å². The minimum absolute atomic E-state index is 0.300. The van der Waals surface area contributed by atoms with Crippen LogP contribution in [-0.2, 0) is 28.8 Å². The zero-order chi connectivity index (χ0) is 15.0. The van der Waals surface area contributed by atoms with Gasteiger partial charge >= 0.3 is 6.18 Å². The Morgan fingerprint density at radius 3 is 2.40 bits per heavy atom. The number of sulfone groups is 1. The Labute approximate surface area is 113 Å². The number of nitrogens with zero attached hydrogens (tertiary/aromatic N) is 3. The SMILES string of the molecule is Cn1ccc(CS(=O)(=O)c2ccc(C(F)(F)F)cn2)n1. The number of aromatic nitrogens is 3. The van der Waals surface area contributed by atoms with Gasteiger partial charge in [0.1, 0.15) is 5.75 Å². The average Bonchev–Trinajstić information content (AvgIpc) is 2.73. The van der Waals surface area contributed by atoms with Gasteiger partial charge < -0.3 is 0 Å². The van der Waals surface area contributed by atoms with Crippen molar-refractivity contribution in [3.8, 4) is 0 Å². The second-order valence-corrected chi connectivity index (χ2v) is 6.06. The van der Waals surface area contributed by atoms with Gasteiger partial charge in [-0.1, -0.05) is 0 Å². The molecule has 20 heavy (non-hydrogen) atoms. The van der Waals surface area contributed by atoms with Crippen molar-refractivity contribution in [3.05, 3.63) is 41.9 Å². The molecule has 108 valence electrons. The summed E-state index contributed by atoms with van der Waals surface area (Å²) in [5, 5.41) is 3.50. The molecule has 0 fully saturated rings. The molecule has 2 aromatic heterocycles. The van der Waals surface area contributed by atoms with E-state index in [0.29, 0.717) is 18.0 Å². The molecule has 0 bridgehead atoms. The highest BCUT2D eigenvalue weighted by Gasteiger charge is 2.31. The average molecular weight is 305 g/mol. The largest absolute Gasteiger partial charge is 0.417 e. The quantitative estimate of drug-likeness (QED) is 0.867. The summed E-state index contributed by atoms with van der Waals surface area (Å²) in [6.07, 6.45) is -2.47. The molecule has 5 nitrogen and oxygen atoms in total. The molecular formula is C11H10F3N3O2S. The van der Waals surface area contributed by atoms with Crippen molar-refractivity contribution in [3.63, 3.8) is 0 Å². The number of alkyl halides is 3. The summed E-state index contributed by atoms with van der Waals surface area (Å²) >= 11 is 0.